The molecule has 0 bridgehead atoms. The van der Waals surface area contributed by atoms with Crippen molar-refractivity contribution in [3.05, 3.63) is 60.6 Å². The molecule has 23 heavy (non-hydrogen) atoms. The first-order valence-electron chi connectivity index (χ1n) is 7.95. The molecule has 5 nitrogen and oxygen atoms in total. The zero-order valence-corrected chi connectivity index (χ0v) is 13.1. The second-order valence-corrected chi connectivity index (χ2v) is 5.90. The number of hydrogen-bond acceptors (Lipinski definition) is 4. The van der Waals surface area contributed by atoms with Gasteiger partial charge in [-0.1, -0.05) is 30.3 Å². The number of hydrogen-bond donors (Lipinski definition) is 0. The summed E-state index contributed by atoms with van der Waals surface area (Å²) in [4.78, 5) is 11.6. The SMILES string of the molecule is Cn1cc([C@H]2CCCN2c2ccnc(-c3ccccc3)n2)cn1. The minimum atomic E-state index is 0.349. The van der Waals surface area contributed by atoms with Crippen LogP contribution >= 0.6 is 0 Å². The van der Waals surface area contributed by atoms with E-state index in [-0.39, 0.29) is 0 Å². The lowest BCUT2D eigenvalue weighted by atomic mass is 10.1. The van der Waals surface area contributed by atoms with E-state index in [9.17, 15) is 0 Å². The highest BCUT2D eigenvalue weighted by atomic mass is 15.3. The summed E-state index contributed by atoms with van der Waals surface area (Å²) in [5, 5.41) is 4.31. The molecule has 0 spiro atoms. The lowest BCUT2D eigenvalue weighted by Gasteiger charge is -2.25. The predicted octanol–water partition coefficient (Wildman–Crippen LogP) is 3.22. The minimum absolute atomic E-state index is 0.349. The molecule has 1 fully saturated rings. The number of aryl methyl sites for hydroxylation is 1. The van der Waals surface area contributed by atoms with Gasteiger partial charge in [0.15, 0.2) is 5.82 Å². The van der Waals surface area contributed by atoms with Crippen LogP contribution in [0.25, 0.3) is 11.4 Å². The Labute approximate surface area is 135 Å². The van der Waals surface area contributed by atoms with E-state index in [4.69, 9.17) is 4.98 Å². The third kappa shape index (κ3) is 2.70. The fourth-order valence-corrected chi connectivity index (χ4v) is 3.24. The summed E-state index contributed by atoms with van der Waals surface area (Å²) in [5.74, 6) is 1.77. The van der Waals surface area contributed by atoms with Crippen molar-refractivity contribution in [2.24, 2.45) is 7.05 Å². The molecule has 0 aliphatic carbocycles. The molecule has 0 unspecified atom stereocenters. The molecule has 1 aliphatic heterocycles. The highest BCUT2D eigenvalue weighted by molar-refractivity contribution is 5.57. The second-order valence-electron chi connectivity index (χ2n) is 5.90. The fraction of sp³-hybridized carbons (Fsp3) is 0.278. The lowest BCUT2D eigenvalue weighted by molar-refractivity contribution is 0.707. The van der Waals surface area contributed by atoms with Crippen LogP contribution in [-0.2, 0) is 7.05 Å². The smallest absolute Gasteiger partial charge is 0.161 e. The molecule has 1 saturated heterocycles. The molecular weight excluding hydrogens is 286 g/mol. The Bertz CT molecular complexity index is 796. The van der Waals surface area contributed by atoms with Gasteiger partial charge in [0, 0.05) is 37.1 Å². The number of benzene rings is 1. The van der Waals surface area contributed by atoms with E-state index in [0.717, 1.165) is 30.2 Å². The van der Waals surface area contributed by atoms with Crippen molar-refractivity contribution in [1.82, 2.24) is 19.7 Å². The van der Waals surface area contributed by atoms with Gasteiger partial charge in [0.05, 0.1) is 12.2 Å². The number of rotatable bonds is 3. The Hall–Kier alpha value is -2.69. The van der Waals surface area contributed by atoms with Crippen LogP contribution in [0, 0.1) is 0 Å². The molecule has 4 rings (SSSR count). The molecule has 1 aliphatic rings. The molecule has 1 aromatic carbocycles. The quantitative estimate of drug-likeness (QED) is 0.745. The summed E-state index contributed by atoms with van der Waals surface area (Å²) in [6, 6.07) is 12.5. The Morgan fingerprint density at radius 3 is 2.78 bits per heavy atom. The van der Waals surface area contributed by atoms with Crippen molar-refractivity contribution in [2.75, 3.05) is 11.4 Å². The average molecular weight is 305 g/mol. The maximum absolute atomic E-state index is 4.80. The van der Waals surface area contributed by atoms with Gasteiger partial charge in [-0.25, -0.2) is 9.97 Å². The zero-order chi connectivity index (χ0) is 15.6. The van der Waals surface area contributed by atoms with Crippen molar-refractivity contribution < 1.29 is 0 Å². The maximum atomic E-state index is 4.80. The van der Waals surface area contributed by atoms with Crippen LogP contribution in [0.5, 0.6) is 0 Å². The Morgan fingerprint density at radius 1 is 1.13 bits per heavy atom. The van der Waals surface area contributed by atoms with Gasteiger partial charge in [0.1, 0.15) is 5.82 Å². The number of nitrogens with zero attached hydrogens (tertiary/aromatic N) is 5. The van der Waals surface area contributed by atoms with Crippen molar-refractivity contribution in [3.8, 4) is 11.4 Å². The molecule has 3 aromatic rings. The maximum Gasteiger partial charge on any atom is 0.161 e. The van der Waals surface area contributed by atoms with Gasteiger partial charge in [0.2, 0.25) is 0 Å². The summed E-state index contributed by atoms with van der Waals surface area (Å²) in [5.41, 5.74) is 2.30. The standard InChI is InChI=1S/C18H19N5/c1-22-13-15(12-20-22)16-8-5-11-23(16)17-9-10-19-18(21-17)14-6-3-2-4-7-14/h2-4,6-7,9-10,12-13,16H,5,8,11H2,1H3/t16-/m1/s1. The monoisotopic (exact) mass is 305 g/mol. The van der Waals surface area contributed by atoms with Gasteiger partial charge in [-0.15, -0.1) is 0 Å². The lowest BCUT2D eigenvalue weighted by Crippen LogP contribution is -2.23. The highest BCUT2D eigenvalue weighted by Gasteiger charge is 2.28. The summed E-state index contributed by atoms with van der Waals surface area (Å²) in [6.45, 7) is 1.02. The summed E-state index contributed by atoms with van der Waals surface area (Å²) in [6.07, 6.45) is 8.22. The average Bonchev–Trinajstić information content (AvgIpc) is 3.24. The highest BCUT2D eigenvalue weighted by Crippen LogP contribution is 2.35. The second kappa shape index (κ2) is 5.83. The Morgan fingerprint density at radius 2 is 2.00 bits per heavy atom. The molecule has 1 atom stereocenters. The van der Waals surface area contributed by atoms with Gasteiger partial charge in [0.25, 0.3) is 0 Å². The van der Waals surface area contributed by atoms with E-state index in [1.807, 2.05) is 60.5 Å². The number of aromatic nitrogens is 4. The van der Waals surface area contributed by atoms with E-state index < -0.39 is 0 Å². The fourth-order valence-electron chi connectivity index (χ4n) is 3.24. The molecule has 0 saturated carbocycles. The van der Waals surface area contributed by atoms with E-state index in [1.54, 1.807) is 0 Å². The van der Waals surface area contributed by atoms with Crippen LogP contribution < -0.4 is 4.90 Å². The molecule has 5 heteroatoms. The summed E-state index contributed by atoms with van der Waals surface area (Å²) in [7, 11) is 1.96. The third-order valence-electron chi connectivity index (χ3n) is 4.33. The van der Waals surface area contributed by atoms with Crippen LogP contribution in [0.2, 0.25) is 0 Å². The summed E-state index contributed by atoms with van der Waals surface area (Å²) >= 11 is 0. The van der Waals surface area contributed by atoms with E-state index in [1.165, 1.54) is 12.0 Å². The first-order chi connectivity index (χ1) is 11.3. The predicted molar refractivity (Wildman–Crippen MR) is 90.0 cm³/mol. The van der Waals surface area contributed by atoms with Gasteiger partial charge in [-0.2, -0.15) is 5.10 Å². The van der Waals surface area contributed by atoms with E-state index >= 15 is 0 Å². The zero-order valence-electron chi connectivity index (χ0n) is 13.1. The van der Waals surface area contributed by atoms with Crippen molar-refractivity contribution in [1.29, 1.82) is 0 Å². The third-order valence-corrected chi connectivity index (χ3v) is 4.33. The van der Waals surface area contributed by atoms with Crippen LogP contribution in [0.4, 0.5) is 5.82 Å². The van der Waals surface area contributed by atoms with Crippen LogP contribution in [0.1, 0.15) is 24.4 Å². The first kappa shape index (κ1) is 13.9. The van der Waals surface area contributed by atoms with Crippen molar-refractivity contribution in [2.45, 2.75) is 18.9 Å². The first-order valence-corrected chi connectivity index (χ1v) is 7.95. The number of anilines is 1. The Balaban J connectivity index is 1.67. The molecule has 3 heterocycles. The summed E-state index contributed by atoms with van der Waals surface area (Å²) < 4.78 is 1.86. The van der Waals surface area contributed by atoms with Crippen LogP contribution in [-0.4, -0.2) is 26.3 Å². The van der Waals surface area contributed by atoms with Crippen molar-refractivity contribution in [3.63, 3.8) is 0 Å². The topological polar surface area (TPSA) is 46.8 Å². The molecule has 0 amide bonds. The van der Waals surface area contributed by atoms with Crippen LogP contribution in [0.15, 0.2) is 55.0 Å². The minimum Gasteiger partial charge on any atom is -0.349 e. The van der Waals surface area contributed by atoms with Gasteiger partial charge >= 0.3 is 0 Å². The van der Waals surface area contributed by atoms with Crippen LogP contribution in [0.3, 0.4) is 0 Å². The van der Waals surface area contributed by atoms with Gasteiger partial charge in [-0.05, 0) is 18.9 Å². The van der Waals surface area contributed by atoms with E-state index in [0.29, 0.717) is 6.04 Å². The molecule has 2 aromatic heterocycles. The van der Waals surface area contributed by atoms with Gasteiger partial charge < -0.3 is 4.90 Å². The normalized spacial score (nSPS) is 17.6. The molecule has 0 radical (unpaired) electrons. The largest absolute Gasteiger partial charge is 0.349 e. The van der Waals surface area contributed by atoms with Crippen molar-refractivity contribution >= 4 is 5.82 Å². The molecule has 0 N–H and O–H groups in total. The van der Waals surface area contributed by atoms with E-state index in [2.05, 4.69) is 21.2 Å². The molecular formula is C18H19N5. The molecule has 116 valence electrons. The Kier molecular flexibility index (Phi) is 3.54. The van der Waals surface area contributed by atoms with Gasteiger partial charge in [-0.3, -0.25) is 4.68 Å².